The lowest BCUT2D eigenvalue weighted by atomic mass is 10.1. The molecule has 1 saturated heterocycles. The molecule has 35 heavy (non-hydrogen) atoms. The van der Waals surface area contributed by atoms with E-state index in [1.165, 1.54) is 28.6 Å². The van der Waals surface area contributed by atoms with Crippen molar-refractivity contribution in [2.24, 2.45) is 0 Å². The van der Waals surface area contributed by atoms with Gasteiger partial charge in [-0.25, -0.2) is 16.8 Å². The van der Waals surface area contributed by atoms with Crippen molar-refractivity contribution in [3.05, 3.63) is 53.6 Å². The molecule has 0 unspecified atom stereocenters. The minimum atomic E-state index is -3.75. The van der Waals surface area contributed by atoms with Crippen LogP contribution in [0.25, 0.3) is 0 Å². The van der Waals surface area contributed by atoms with Gasteiger partial charge in [0, 0.05) is 18.8 Å². The summed E-state index contributed by atoms with van der Waals surface area (Å²) in [7, 11) is -7.35. The van der Waals surface area contributed by atoms with E-state index in [2.05, 4.69) is 5.32 Å². The van der Waals surface area contributed by atoms with Crippen LogP contribution in [0.4, 0.5) is 11.4 Å². The Bertz CT molecular complexity index is 1250. The highest BCUT2D eigenvalue weighted by molar-refractivity contribution is 7.92. The molecule has 192 valence electrons. The Labute approximate surface area is 209 Å². The van der Waals surface area contributed by atoms with Gasteiger partial charge in [-0.1, -0.05) is 25.8 Å². The summed E-state index contributed by atoms with van der Waals surface area (Å²) in [5.41, 5.74) is 2.77. The zero-order chi connectivity index (χ0) is 25.8. The maximum Gasteiger partial charge on any atom is 0.248 e. The van der Waals surface area contributed by atoms with E-state index >= 15 is 0 Å². The van der Waals surface area contributed by atoms with Gasteiger partial charge in [-0.05, 0) is 80.6 Å². The van der Waals surface area contributed by atoms with Crippen LogP contribution in [-0.2, 0) is 24.8 Å². The molecule has 1 aliphatic rings. The van der Waals surface area contributed by atoms with E-state index in [9.17, 15) is 21.6 Å². The molecule has 1 fully saturated rings. The lowest BCUT2D eigenvalue weighted by molar-refractivity contribution is -0.117. The van der Waals surface area contributed by atoms with Gasteiger partial charge >= 0.3 is 0 Å². The van der Waals surface area contributed by atoms with E-state index in [4.69, 9.17) is 0 Å². The van der Waals surface area contributed by atoms with Gasteiger partial charge in [-0.3, -0.25) is 9.10 Å². The fraction of sp³-hybridized carbons (Fsp3) is 0.480. The first-order chi connectivity index (χ1) is 16.4. The normalized spacial score (nSPS) is 16.3. The van der Waals surface area contributed by atoms with Crippen LogP contribution in [0, 0.1) is 13.8 Å². The summed E-state index contributed by atoms with van der Waals surface area (Å²) >= 11 is 0. The third kappa shape index (κ3) is 6.42. The summed E-state index contributed by atoms with van der Waals surface area (Å²) in [6, 6.07) is 10.4. The topological polar surface area (TPSA) is 104 Å². The Balaban J connectivity index is 1.82. The van der Waals surface area contributed by atoms with E-state index in [-0.39, 0.29) is 11.3 Å². The maximum absolute atomic E-state index is 13.2. The summed E-state index contributed by atoms with van der Waals surface area (Å²) in [5, 5.41) is 2.76. The zero-order valence-electron chi connectivity index (χ0n) is 20.8. The molecule has 2 aromatic rings. The van der Waals surface area contributed by atoms with Gasteiger partial charge in [0.05, 0.1) is 16.8 Å². The fourth-order valence-electron chi connectivity index (χ4n) is 4.29. The van der Waals surface area contributed by atoms with Crippen molar-refractivity contribution in [1.29, 1.82) is 0 Å². The summed E-state index contributed by atoms with van der Waals surface area (Å²) in [6.45, 7) is 6.60. The highest BCUT2D eigenvalue weighted by Gasteiger charge is 2.32. The third-order valence-corrected chi connectivity index (χ3v) is 9.49. The van der Waals surface area contributed by atoms with Gasteiger partial charge in [0.2, 0.25) is 26.0 Å². The number of amides is 1. The first-order valence-electron chi connectivity index (χ1n) is 11.9. The summed E-state index contributed by atoms with van der Waals surface area (Å²) in [4.78, 5) is 13.4. The molecule has 0 aromatic heterocycles. The number of nitrogens with zero attached hydrogens (tertiary/aromatic N) is 2. The van der Waals surface area contributed by atoms with Crippen molar-refractivity contribution in [3.63, 3.8) is 0 Å². The second-order valence-corrected chi connectivity index (χ2v) is 12.9. The van der Waals surface area contributed by atoms with E-state index < -0.39 is 32.0 Å². The Hall–Kier alpha value is -2.43. The summed E-state index contributed by atoms with van der Waals surface area (Å²) < 4.78 is 54.0. The number of hydrogen-bond acceptors (Lipinski definition) is 5. The van der Waals surface area contributed by atoms with Gasteiger partial charge in [-0.2, -0.15) is 4.31 Å². The van der Waals surface area contributed by atoms with Gasteiger partial charge in [0.25, 0.3) is 0 Å². The zero-order valence-corrected chi connectivity index (χ0v) is 22.5. The number of hydrogen-bond donors (Lipinski definition) is 1. The van der Waals surface area contributed by atoms with Crippen LogP contribution in [0.3, 0.4) is 0 Å². The molecule has 0 aliphatic carbocycles. The van der Waals surface area contributed by atoms with Crippen molar-refractivity contribution < 1.29 is 21.6 Å². The first kappa shape index (κ1) is 27.2. The second kappa shape index (κ2) is 11.1. The second-order valence-electron chi connectivity index (χ2n) is 9.08. The number of rotatable bonds is 8. The lowest BCUT2D eigenvalue weighted by Gasteiger charge is -2.30. The molecule has 10 heteroatoms. The molecule has 2 aromatic carbocycles. The number of carbonyl (C=O) groups is 1. The number of anilines is 2. The van der Waals surface area contributed by atoms with Crippen molar-refractivity contribution >= 4 is 37.3 Å². The predicted molar refractivity (Wildman–Crippen MR) is 140 cm³/mol. The SMILES string of the molecule is CC[C@@H](C(=O)Nc1ccc(S(=O)(=O)N2CCCCCC2)cc1)N(c1ccc(C)c(C)c1)S(C)(=O)=O. The monoisotopic (exact) mass is 521 g/mol. The fourth-order valence-corrected chi connectivity index (χ4v) is 7.01. The van der Waals surface area contributed by atoms with Crippen LogP contribution in [-0.4, -0.2) is 52.4 Å². The maximum atomic E-state index is 13.2. The van der Waals surface area contributed by atoms with Crippen LogP contribution >= 0.6 is 0 Å². The molecule has 0 radical (unpaired) electrons. The number of sulfonamides is 2. The minimum absolute atomic E-state index is 0.178. The van der Waals surface area contributed by atoms with Gasteiger partial charge in [-0.15, -0.1) is 0 Å². The van der Waals surface area contributed by atoms with Crippen molar-refractivity contribution in [2.75, 3.05) is 29.0 Å². The van der Waals surface area contributed by atoms with Crippen LogP contribution < -0.4 is 9.62 Å². The molecule has 8 nitrogen and oxygen atoms in total. The number of nitrogens with one attached hydrogen (secondary N) is 1. The molecule has 1 amide bonds. The molecule has 0 saturated carbocycles. The number of aryl methyl sites for hydroxylation is 2. The molecule has 0 spiro atoms. The third-order valence-electron chi connectivity index (χ3n) is 6.40. The van der Waals surface area contributed by atoms with Gasteiger partial charge in [0.15, 0.2) is 0 Å². The lowest BCUT2D eigenvalue weighted by Crippen LogP contribution is -2.47. The van der Waals surface area contributed by atoms with Gasteiger partial charge < -0.3 is 5.32 Å². The molecule has 3 rings (SSSR count). The molecule has 1 atom stereocenters. The van der Waals surface area contributed by atoms with Crippen molar-refractivity contribution in [2.45, 2.75) is 63.8 Å². The molecular weight excluding hydrogens is 486 g/mol. The van der Waals surface area contributed by atoms with Crippen LogP contribution in [0.1, 0.15) is 50.2 Å². The quantitative estimate of drug-likeness (QED) is 0.564. The summed E-state index contributed by atoms with van der Waals surface area (Å²) in [5.74, 6) is -0.487. The number of benzene rings is 2. The van der Waals surface area contributed by atoms with E-state index in [1.54, 1.807) is 19.1 Å². The smallest absolute Gasteiger partial charge is 0.248 e. The van der Waals surface area contributed by atoms with E-state index in [1.807, 2.05) is 19.9 Å². The predicted octanol–water partition coefficient (Wildman–Crippen LogP) is 4.05. The Morgan fingerprint density at radius 2 is 1.54 bits per heavy atom. The molecule has 0 bridgehead atoms. The largest absolute Gasteiger partial charge is 0.324 e. The Morgan fingerprint density at radius 1 is 0.943 bits per heavy atom. The highest BCUT2D eigenvalue weighted by Crippen LogP contribution is 2.26. The minimum Gasteiger partial charge on any atom is -0.324 e. The molecule has 1 N–H and O–H groups in total. The first-order valence-corrected chi connectivity index (χ1v) is 15.2. The summed E-state index contributed by atoms with van der Waals surface area (Å²) in [6.07, 6.45) is 5.10. The number of carbonyl (C=O) groups excluding carboxylic acids is 1. The van der Waals surface area contributed by atoms with Crippen LogP contribution in [0.15, 0.2) is 47.4 Å². The van der Waals surface area contributed by atoms with E-state index in [0.29, 0.717) is 24.5 Å². The molecule has 1 heterocycles. The highest BCUT2D eigenvalue weighted by atomic mass is 32.2. The van der Waals surface area contributed by atoms with E-state index in [0.717, 1.165) is 47.4 Å². The molecule has 1 aliphatic heterocycles. The van der Waals surface area contributed by atoms with Gasteiger partial charge in [0.1, 0.15) is 6.04 Å². The van der Waals surface area contributed by atoms with Crippen molar-refractivity contribution in [3.8, 4) is 0 Å². The average molecular weight is 522 g/mol. The Morgan fingerprint density at radius 3 is 2.06 bits per heavy atom. The molecular formula is C25H35N3O5S2. The Kier molecular flexibility index (Phi) is 8.61. The van der Waals surface area contributed by atoms with Crippen molar-refractivity contribution in [1.82, 2.24) is 4.31 Å². The average Bonchev–Trinajstić information content (AvgIpc) is 3.09. The van der Waals surface area contributed by atoms with Crippen LogP contribution in [0.2, 0.25) is 0 Å². The standard InChI is InChI=1S/C25H35N3O5S2/c1-5-24(28(34(4,30)31)22-13-10-19(2)20(3)18-22)25(29)26-21-11-14-23(15-12-21)35(32,33)27-16-8-6-7-9-17-27/h10-15,18,24H,5-9,16-17H2,1-4H3,(H,26,29)/t24-/m0/s1. The van der Waals surface area contributed by atoms with Crippen LogP contribution in [0.5, 0.6) is 0 Å².